The molecule has 0 saturated carbocycles. The Morgan fingerprint density at radius 1 is 1.05 bits per heavy atom. The number of hydrogen-bond acceptors (Lipinski definition) is 9. The van der Waals surface area contributed by atoms with Gasteiger partial charge in [-0.2, -0.15) is 4.98 Å². The number of ether oxygens (including phenoxy) is 1. The predicted molar refractivity (Wildman–Crippen MR) is 149 cm³/mol. The zero-order chi connectivity index (χ0) is 28.3. The maximum absolute atomic E-state index is 13.1. The lowest BCUT2D eigenvalue weighted by Gasteiger charge is -2.32. The van der Waals surface area contributed by atoms with Gasteiger partial charge in [-0.1, -0.05) is 6.92 Å². The molecule has 3 N–H and O–H groups in total. The molecule has 0 aliphatic carbocycles. The summed E-state index contributed by atoms with van der Waals surface area (Å²) in [5, 5.41) is 9.53. The number of amides is 2. The number of nitrogens with one attached hydrogen (secondary N) is 3. The van der Waals surface area contributed by atoms with Gasteiger partial charge >= 0.3 is 5.97 Å². The summed E-state index contributed by atoms with van der Waals surface area (Å²) in [6, 6.07) is 3.87. The third-order valence-corrected chi connectivity index (χ3v) is 6.17. The summed E-state index contributed by atoms with van der Waals surface area (Å²) in [5.74, 6) is 0.259. The number of anilines is 2. The van der Waals surface area contributed by atoms with E-state index < -0.39 is 5.60 Å². The summed E-state index contributed by atoms with van der Waals surface area (Å²) in [6.07, 6.45) is 8.22. The molecule has 39 heavy (non-hydrogen) atoms. The van der Waals surface area contributed by atoms with E-state index >= 15 is 0 Å². The van der Waals surface area contributed by atoms with Gasteiger partial charge in [0.05, 0.1) is 6.42 Å². The number of nitrogens with zero attached hydrogens (tertiary/aromatic N) is 4. The van der Waals surface area contributed by atoms with Gasteiger partial charge in [0, 0.05) is 57.2 Å². The highest BCUT2D eigenvalue weighted by Crippen LogP contribution is 2.18. The lowest BCUT2D eigenvalue weighted by Crippen LogP contribution is -2.46. The van der Waals surface area contributed by atoms with Crippen LogP contribution in [0.15, 0.2) is 30.7 Å². The number of esters is 1. The van der Waals surface area contributed by atoms with E-state index in [0.717, 1.165) is 18.4 Å². The van der Waals surface area contributed by atoms with E-state index in [4.69, 9.17) is 4.74 Å². The monoisotopic (exact) mass is 539 g/mol. The van der Waals surface area contributed by atoms with Crippen molar-refractivity contribution in [2.24, 2.45) is 0 Å². The van der Waals surface area contributed by atoms with Crippen LogP contribution in [0.25, 0.3) is 0 Å². The van der Waals surface area contributed by atoms with E-state index in [-0.39, 0.29) is 36.7 Å². The van der Waals surface area contributed by atoms with E-state index in [1.54, 1.807) is 44.3 Å². The Bertz CT molecular complexity index is 1100. The molecular weight excluding hydrogens is 498 g/mol. The van der Waals surface area contributed by atoms with Crippen molar-refractivity contribution < 1.29 is 19.1 Å². The third-order valence-electron chi connectivity index (χ3n) is 6.17. The SMILES string of the molecule is CCCNc1nc(NCCc2ccncc2)ncc1C(=O)NC1CCN(C(=O)CCC(=O)OC(C)(C)C)CC1. The second kappa shape index (κ2) is 14.4. The summed E-state index contributed by atoms with van der Waals surface area (Å²) >= 11 is 0. The zero-order valence-electron chi connectivity index (χ0n) is 23.5. The average Bonchev–Trinajstić information content (AvgIpc) is 2.90. The minimum Gasteiger partial charge on any atom is -0.460 e. The molecule has 0 aromatic carbocycles. The number of carbonyl (C=O) groups excluding carboxylic acids is 3. The Labute approximate surface area is 230 Å². The smallest absolute Gasteiger partial charge is 0.306 e. The van der Waals surface area contributed by atoms with Gasteiger partial charge < -0.3 is 25.6 Å². The first kappa shape index (κ1) is 29.8. The molecule has 0 bridgehead atoms. The van der Waals surface area contributed by atoms with Gasteiger partial charge in [0.1, 0.15) is 17.0 Å². The van der Waals surface area contributed by atoms with Crippen LogP contribution >= 0.6 is 0 Å². The molecule has 11 heteroatoms. The second-order valence-corrected chi connectivity index (χ2v) is 10.6. The van der Waals surface area contributed by atoms with Crippen molar-refractivity contribution in [3.63, 3.8) is 0 Å². The van der Waals surface area contributed by atoms with Crippen molar-refractivity contribution in [3.05, 3.63) is 41.9 Å². The van der Waals surface area contributed by atoms with Gasteiger partial charge in [0.25, 0.3) is 5.91 Å². The first-order valence-electron chi connectivity index (χ1n) is 13.7. The highest BCUT2D eigenvalue weighted by Gasteiger charge is 2.26. The Hall–Kier alpha value is -3.76. The van der Waals surface area contributed by atoms with Crippen LogP contribution in [0.5, 0.6) is 0 Å². The predicted octanol–water partition coefficient (Wildman–Crippen LogP) is 3.19. The van der Waals surface area contributed by atoms with Crippen LogP contribution in [-0.2, 0) is 20.7 Å². The Morgan fingerprint density at radius 3 is 2.44 bits per heavy atom. The molecule has 3 rings (SSSR count). The van der Waals surface area contributed by atoms with Gasteiger partial charge in [-0.25, -0.2) is 4.98 Å². The molecule has 1 fully saturated rings. The molecule has 212 valence electrons. The topological polar surface area (TPSA) is 138 Å². The lowest BCUT2D eigenvalue weighted by atomic mass is 10.0. The number of piperidine rings is 1. The van der Waals surface area contributed by atoms with E-state index in [9.17, 15) is 14.4 Å². The Morgan fingerprint density at radius 2 is 1.77 bits per heavy atom. The van der Waals surface area contributed by atoms with Gasteiger partial charge in [0.2, 0.25) is 11.9 Å². The van der Waals surface area contributed by atoms with Crippen LogP contribution in [0, 0.1) is 0 Å². The number of hydrogen-bond donors (Lipinski definition) is 3. The molecule has 2 amide bonds. The van der Waals surface area contributed by atoms with Crippen LogP contribution < -0.4 is 16.0 Å². The fourth-order valence-electron chi connectivity index (χ4n) is 4.18. The molecule has 0 unspecified atom stereocenters. The maximum Gasteiger partial charge on any atom is 0.306 e. The van der Waals surface area contributed by atoms with Crippen molar-refractivity contribution in [2.75, 3.05) is 36.8 Å². The molecule has 2 aromatic heterocycles. The lowest BCUT2D eigenvalue weighted by molar-refractivity contribution is -0.156. The molecule has 0 atom stereocenters. The number of aromatic nitrogens is 3. The van der Waals surface area contributed by atoms with Crippen molar-refractivity contribution >= 4 is 29.5 Å². The molecular formula is C28H41N7O4. The summed E-state index contributed by atoms with van der Waals surface area (Å²) in [4.78, 5) is 52.3. The van der Waals surface area contributed by atoms with Crippen molar-refractivity contribution in [2.45, 2.75) is 77.9 Å². The van der Waals surface area contributed by atoms with Crippen molar-refractivity contribution in [3.8, 4) is 0 Å². The fraction of sp³-hybridized carbons (Fsp3) is 0.571. The average molecular weight is 540 g/mol. The quantitative estimate of drug-likeness (QED) is 0.347. The molecule has 1 aliphatic rings. The largest absolute Gasteiger partial charge is 0.460 e. The molecule has 0 radical (unpaired) electrons. The van der Waals surface area contributed by atoms with Crippen LogP contribution in [-0.4, -0.2) is 75.5 Å². The molecule has 1 saturated heterocycles. The summed E-state index contributed by atoms with van der Waals surface area (Å²) in [5.41, 5.74) is 0.984. The maximum atomic E-state index is 13.1. The highest BCUT2D eigenvalue weighted by atomic mass is 16.6. The molecule has 0 spiro atoms. The number of likely N-dealkylation sites (tertiary alicyclic amines) is 1. The van der Waals surface area contributed by atoms with Crippen LogP contribution in [0.1, 0.15) is 75.7 Å². The summed E-state index contributed by atoms with van der Waals surface area (Å²) in [7, 11) is 0. The van der Waals surface area contributed by atoms with Crippen molar-refractivity contribution in [1.29, 1.82) is 0 Å². The third kappa shape index (κ3) is 10.1. The van der Waals surface area contributed by atoms with E-state index in [2.05, 4.69) is 30.9 Å². The first-order chi connectivity index (χ1) is 18.6. The second-order valence-electron chi connectivity index (χ2n) is 10.6. The zero-order valence-corrected chi connectivity index (χ0v) is 23.5. The van der Waals surface area contributed by atoms with Gasteiger partial charge in [-0.3, -0.25) is 19.4 Å². The van der Waals surface area contributed by atoms with Crippen LogP contribution in [0.3, 0.4) is 0 Å². The minimum absolute atomic E-state index is 0.0644. The number of rotatable bonds is 12. The minimum atomic E-state index is -0.565. The Balaban J connectivity index is 1.49. The van der Waals surface area contributed by atoms with Crippen LogP contribution in [0.4, 0.5) is 11.8 Å². The standard InChI is InChI=1S/C28H41N7O4/c1-5-13-30-25-22(19-32-27(34-25)31-16-10-20-8-14-29-15-9-20)26(38)33-21-11-17-35(18-12-21)23(36)6-7-24(37)39-28(2,3)4/h8-9,14-15,19,21H,5-7,10-13,16-18H2,1-4H3,(H,33,38)(H2,30,31,32,34). The number of pyridine rings is 1. The highest BCUT2D eigenvalue weighted by molar-refractivity contribution is 5.98. The normalized spacial score (nSPS) is 14.0. The van der Waals surface area contributed by atoms with E-state index in [1.807, 2.05) is 19.1 Å². The van der Waals surface area contributed by atoms with Gasteiger partial charge in [-0.15, -0.1) is 0 Å². The molecule has 11 nitrogen and oxygen atoms in total. The Kier molecular flexibility index (Phi) is 11.0. The molecule has 1 aliphatic heterocycles. The van der Waals surface area contributed by atoms with Gasteiger partial charge in [-0.05, 0) is 64.2 Å². The summed E-state index contributed by atoms with van der Waals surface area (Å²) in [6.45, 7) is 9.83. The fourth-order valence-corrected chi connectivity index (χ4v) is 4.18. The first-order valence-corrected chi connectivity index (χ1v) is 13.7. The number of carbonyl (C=O) groups is 3. The van der Waals surface area contributed by atoms with Crippen LogP contribution in [0.2, 0.25) is 0 Å². The van der Waals surface area contributed by atoms with E-state index in [0.29, 0.717) is 56.4 Å². The molecule has 2 aromatic rings. The molecule has 3 heterocycles. The summed E-state index contributed by atoms with van der Waals surface area (Å²) < 4.78 is 5.28. The van der Waals surface area contributed by atoms with E-state index in [1.165, 1.54) is 0 Å². The van der Waals surface area contributed by atoms with Crippen molar-refractivity contribution in [1.82, 2.24) is 25.2 Å². The van der Waals surface area contributed by atoms with Gasteiger partial charge in [0.15, 0.2) is 0 Å².